The van der Waals surface area contributed by atoms with Gasteiger partial charge in [-0.15, -0.1) is 0 Å². The number of piperazine rings is 2. The van der Waals surface area contributed by atoms with Crippen molar-refractivity contribution in [2.45, 2.75) is 83.0 Å². The van der Waals surface area contributed by atoms with Crippen LogP contribution in [0.5, 0.6) is 0 Å². The van der Waals surface area contributed by atoms with Gasteiger partial charge in [-0.2, -0.15) is 0 Å². The van der Waals surface area contributed by atoms with Gasteiger partial charge >= 0.3 is 5.97 Å². The summed E-state index contributed by atoms with van der Waals surface area (Å²) in [5.41, 5.74) is 5.32. The van der Waals surface area contributed by atoms with Gasteiger partial charge in [-0.05, 0) is 25.7 Å². The van der Waals surface area contributed by atoms with E-state index in [1.807, 2.05) is 6.92 Å². The Morgan fingerprint density at radius 1 is 1.14 bits per heavy atom. The molecule has 0 aromatic carbocycles. The smallest absolute Gasteiger partial charge is 0.305 e. The Morgan fingerprint density at radius 2 is 1.91 bits per heavy atom. The maximum Gasteiger partial charge on any atom is 0.305 e. The number of guanidine groups is 1. The number of ketones is 1. The molecular formula is C23H41N7O5. The third kappa shape index (κ3) is 9.44. The summed E-state index contributed by atoms with van der Waals surface area (Å²) in [6, 6.07) is -1.94. The van der Waals surface area contributed by atoms with E-state index in [2.05, 4.69) is 28.2 Å². The number of carbonyl (C=O) groups excluding carboxylic acids is 4. The van der Waals surface area contributed by atoms with Crippen molar-refractivity contribution in [3.8, 4) is 0 Å². The molecule has 0 aromatic rings. The Morgan fingerprint density at radius 3 is 2.57 bits per heavy atom. The summed E-state index contributed by atoms with van der Waals surface area (Å²) in [4.78, 5) is 52.0. The molecule has 2 rings (SSSR count). The van der Waals surface area contributed by atoms with Gasteiger partial charge in [0.15, 0.2) is 11.7 Å². The van der Waals surface area contributed by atoms with E-state index in [-0.39, 0.29) is 48.7 Å². The molecule has 4 atom stereocenters. The summed E-state index contributed by atoms with van der Waals surface area (Å²) in [6.45, 7) is 5.10. The van der Waals surface area contributed by atoms with Crippen LogP contribution in [-0.4, -0.2) is 91.4 Å². The molecule has 0 radical (unpaired) electrons. The second-order valence-electron chi connectivity index (χ2n) is 9.20. The molecule has 2 saturated heterocycles. The Labute approximate surface area is 207 Å². The van der Waals surface area contributed by atoms with E-state index < -0.39 is 18.1 Å². The van der Waals surface area contributed by atoms with Crippen LogP contribution in [0.4, 0.5) is 0 Å². The highest BCUT2D eigenvalue weighted by Crippen LogP contribution is 2.15. The van der Waals surface area contributed by atoms with Crippen LogP contribution in [0.25, 0.3) is 0 Å². The van der Waals surface area contributed by atoms with E-state index in [0.29, 0.717) is 45.3 Å². The van der Waals surface area contributed by atoms with Gasteiger partial charge in [0.05, 0.1) is 24.7 Å². The van der Waals surface area contributed by atoms with Crippen LogP contribution in [0.2, 0.25) is 0 Å². The lowest BCUT2D eigenvalue weighted by molar-refractivity contribution is -0.147. The number of unbranched alkanes of at least 4 members (excludes halogenated alkanes) is 1. The number of esters is 1. The average Bonchev–Trinajstić information content (AvgIpc) is 2.81. The first kappa shape index (κ1) is 28.5. The van der Waals surface area contributed by atoms with Gasteiger partial charge in [0.2, 0.25) is 11.8 Å². The van der Waals surface area contributed by atoms with Crippen LogP contribution < -0.4 is 27.0 Å². The number of Topliss-reactive ketones (excluding diaryl/α,β-unsaturated/α-hetero) is 1. The van der Waals surface area contributed by atoms with Gasteiger partial charge < -0.3 is 31.7 Å². The lowest BCUT2D eigenvalue weighted by Gasteiger charge is -2.40. The summed E-state index contributed by atoms with van der Waals surface area (Å²) in [6.07, 6.45) is 4.65. The Balaban J connectivity index is 1.99. The van der Waals surface area contributed by atoms with Gasteiger partial charge in [0, 0.05) is 26.1 Å². The number of ether oxygens (including phenoxy) is 1. The van der Waals surface area contributed by atoms with Crippen molar-refractivity contribution in [2.24, 2.45) is 5.73 Å². The highest BCUT2D eigenvalue weighted by molar-refractivity contribution is 5.94. The average molecular weight is 496 g/mol. The van der Waals surface area contributed by atoms with Crippen LogP contribution in [0.1, 0.15) is 58.8 Å². The molecule has 2 fully saturated rings. The van der Waals surface area contributed by atoms with E-state index in [0.717, 1.165) is 19.3 Å². The van der Waals surface area contributed by atoms with Gasteiger partial charge in [-0.3, -0.25) is 29.5 Å². The molecule has 0 unspecified atom stereocenters. The number of amides is 2. The van der Waals surface area contributed by atoms with Crippen LogP contribution in [0.15, 0.2) is 0 Å². The molecule has 7 N–H and O–H groups in total. The molecule has 2 aliphatic rings. The fraction of sp³-hybridized carbons (Fsp3) is 0.783. The number of carbonyl (C=O) groups is 4. The molecule has 35 heavy (non-hydrogen) atoms. The first-order valence-electron chi connectivity index (χ1n) is 12.6. The summed E-state index contributed by atoms with van der Waals surface area (Å²) in [7, 11) is 0. The third-order valence-corrected chi connectivity index (χ3v) is 6.21. The zero-order valence-corrected chi connectivity index (χ0v) is 20.9. The molecule has 2 heterocycles. The van der Waals surface area contributed by atoms with Gasteiger partial charge in [0.25, 0.3) is 0 Å². The molecule has 2 amide bonds. The molecule has 0 aromatic heterocycles. The van der Waals surface area contributed by atoms with E-state index >= 15 is 0 Å². The molecule has 12 heteroatoms. The topological polar surface area (TPSA) is 179 Å². The number of rotatable bonds is 14. The lowest BCUT2D eigenvalue weighted by atomic mass is 10.00. The quantitative estimate of drug-likeness (QED) is 0.0761. The van der Waals surface area contributed by atoms with Crippen molar-refractivity contribution in [2.75, 3.05) is 32.8 Å². The summed E-state index contributed by atoms with van der Waals surface area (Å²) < 4.78 is 5.28. The fourth-order valence-corrected chi connectivity index (χ4v) is 4.31. The molecule has 0 aliphatic carbocycles. The zero-order chi connectivity index (χ0) is 25.8. The molecule has 0 saturated carbocycles. The van der Waals surface area contributed by atoms with Crippen molar-refractivity contribution in [1.29, 1.82) is 5.41 Å². The Bertz CT molecular complexity index is 763. The Kier molecular flexibility index (Phi) is 11.9. The summed E-state index contributed by atoms with van der Waals surface area (Å²) in [5, 5.41) is 18.9. The van der Waals surface area contributed by atoms with Crippen molar-refractivity contribution in [1.82, 2.24) is 26.2 Å². The highest BCUT2D eigenvalue weighted by Gasteiger charge is 2.38. The largest absolute Gasteiger partial charge is 0.463 e. The monoisotopic (exact) mass is 495 g/mol. The number of hydrogen-bond acceptors (Lipinski definition) is 8. The first-order valence-corrected chi connectivity index (χ1v) is 12.6. The number of nitrogens with two attached hydrogens (primary N) is 1. The normalized spacial score (nSPS) is 24.9. The minimum atomic E-state index is -0.661. The van der Waals surface area contributed by atoms with Crippen LogP contribution in [0.3, 0.4) is 0 Å². The number of nitrogens with zero attached hydrogens (tertiary/aromatic N) is 1. The van der Waals surface area contributed by atoms with Gasteiger partial charge in [-0.25, -0.2) is 0 Å². The maximum absolute atomic E-state index is 13.1. The molecule has 12 nitrogen and oxygen atoms in total. The Hall–Kier alpha value is -2.73. The molecule has 2 aliphatic heterocycles. The standard InChI is InChI=1S/C23H41N7O5/c1-3-5-8-16-21(33)29-17(11-27-16)19(31)13-30-12-15(14-35-20(32)7-4-2)28-22(34)18(30)9-6-10-26-23(24)25/h15-18,27H,3-14H2,1-2H3,(H,28,34)(H,29,33)(H4,24,25,26)/t15-,16+,17-,18+/m1/s1. The van der Waals surface area contributed by atoms with Crippen molar-refractivity contribution in [3.63, 3.8) is 0 Å². The van der Waals surface area contributed by atoms with E-state index in [4.69, 9.17) is 15.9 Å². The van der Waals surface area contributed by atoms with Crippen molar-refractivity contribution >= 4 is 29.5 Å². The molecule has 0 bridgehead atoms. The maximum atomic E-state index is 13.1. The molecule has 0 spiro atoms. The second-order valence-corrected chi connectivity index (χ2v) is 9.20. The first-order chi connectivity index (χ1) is 16.7. The van der Waals surface area contributed by atoms with Gasteiger partial charge in [0.1, 0.15) is 12.6 Å². The van der Waals surface area contributed by atoms with Crippen molar-refractivity contribution in [3.05, 3.63) is 0 Å². The molecular weight excluding hydrogens is 454 g/mol. The van der Waals surface area contributed by atoms with Crippen molar-refractivity contribution < 1.29 is 23.9 Å². The highest BCUT2D eigenvalue weighted by atomic mass is 16.5. The summed E-state index contributed by atoms with van der Waals surface area (Å²) >= 11 is 0. The van der Waals surface area contributed by atoms with E-state index in [9.17, 15) is 19.2 Å². The fourth-order valence-electron chi connectivity index (χ4n) is 4.31. The minimum absolute atomic E-state index is 0.0100. The number of nitrogens with one attached hydrogen (secondary N) is 5. The van der Waals surface area contributed by atoms with Crippen LogP contribution in [-0.2, 0) is 23.9 Å². The summed E-state index contributed by atoms with van der Waals surface area (Å²) in [5.74, 6) is -1.06. The van der Waals surface area contributed by atoms with Crippen LogP contribution in [0, 0.1) is 5.41 Å². The second kappa shape index (κ2) is 14.6. The van der Waals surface area contributed by atoms with Gasteiger partial charge in [-0.1, -0.05) is 26.7 Å². The third-order valence-electron chi connectivity index (χ3n) is 6.21. The zero-order valence-electron chi connectivity index (χ0n) is 20.9. The van der Waals surface area contributed by atoms with E-state index in [1.165, 1.54) is 0 Å². The lowest BCUT2D eigenvalue weighted by Crippen LogP contribution is -2.65. The predicted molar refractivity (Wildman–Crippen MR) is 131 cm³/mol. The van der Waals surface area contributed by atoms with E-state index in [1.54, 1.807) is 4.90 Å². The predicted octanol–water partition coefficient (Wildman–Crippen LogP) is -1.02. The minimum Gasteiger partial charge on any atom is -0.463 e. The molecule has 198 valence electrons. The SMILES string of the molecule is CCCC[C@@H]1NC[C@H](C(=O)CN2C[C@H](COC(=O)CCC)NC(=O)[C@@H]2CCCNC(=N)N)NC1=O. The van der Waals surface area contributed by atoms with Crippen LogP contribution >= 0.6 is 0 Å². The number of hydrogen-bond donors (Lipinski definition) is 6.